The van der Waals surface area contributed by atoms with Crippen molar-refractivity contribution in [2.45, 2.75) is 177 Å². The molecule has 6 amide bonds. The first-order valence-electron chi connectivity index (χ1n) is 42.8. The summed E-state index contributed by atoms with van der Waals surface area (Å²) in [5.74, 6) is 0.621. The van der Waals surface area contributed by atoms with Crippen LogP contribution < -0.4 is 49.7 Å². The third kappa shape index (κ3) is 27.6. The maximum absolute atomic E-state index is 14.2. The van der Waals surface area contributed by atoms with Crippen molar-refractivity contribution in [1.29, 1.82) is 0 Å². The van der Waals surface area contributed by atoms with E-state index in [4.69, 9.17) is 76.3 Å². The molecule has 5 aromatic rings. The molecule has 122 heavy (non-hydrogen) atoms. The third-order valence-corrected chi connectivity index (χ3v) is 23.2. The summed E-state index contributed by atoms with van der Waals surface area (Å²) in [6.45, 7) is 14.3. The Kier molecular flexibility index (Phi) is 36.8. The SMILES string of the molecule is COc1cc2c(cc1OCCCOc1cc3c(cc1OC)C(=O)N1C=C(c4ccc5c(c4)OCO5)CC1C=N3)N=CC1CC(c3ccc(NC(=O)C(C)NC(=O)C(NC(=O)CCOCCOCCOCCOCCOCCOCCOCCOCCNC(=O)CCn4c(O)cc(SC5(C)CCCCCCCCCCCC5)c4O)C(C)C)cc3)=CN1C2=O. The summed E-state index contributed by atoms with van der Waals surface area (Å²) in [6.07, 6.45) is 23.6. The number of anilines is 1. The van der Waals surface area contributed by atoms with Crippen molar-refractivity contribution in [3.05, 3.63) is 107 Å². The second kappa shape index (κ2) is 48.3. The number of carbonyl (C=O) groups excluding carboxylic acids is 6. The van der Waals surface area contributed by atoms with Gasteiger partial charge in [-0.05, 0) is 84.4 Å². The summed E-state index contributed by atoms with van der Waals surface area (Å²) in [4.78, 5) is 94.1. The number of rotatable bonds is 48. The molecule has 0 saturated heterocycles. The van der Waals surface area contributed by atoms with E-state index in [1.807, 2.05) is 42.7 Å². The van der Waals surface area contributed by atoms with E-state index in [1.165, 1.54) is 70.2 Å². The van der Waals surface area contributed by atoms with Crippen molar-refractivity contribution in [2.75, 3.05) is 152 Å². The predicted octanol–water partition coefficient (Wildman–Crippen LogP) is 12.3. The molecule has 1 aromatic heterocycles. The van der Waals surface area contributed by atoms with Crippen molar-refractivity contribution < 1.29 is 105 Å². The first kappa shape index (κ1) is 92.9. The molecular formula is C90H121N9O22S. The molecule has 32 heteroatoms. The molecular weight excluding hydrogens is 1590 g/mol. The Hall–Kier alpha value is -9.77. The molecule has 1 aliphatic carbocycles. The number of aliphatic imine (C=N–C) groups is 2. The molecule has 4 aromatic carbocycles. The van der Waals surface area contributed by atoms with E-state index in [2.05, 4.69) is 28.2 Å². The van der Waals surface area contributed by atoms with Gasteiger partial charge in [0.15, 0.2) is 40.4 Å². The first-order chi connectivity index (χ1) is 59.3. The molecule has 1 saturated carbocycles. The molecule has 6 aliphatic rings. The summed E-state index contributed by atoms with van der Waals surface area (Å²) < 4.78 is 80.9. The van der Waals surface area contributed by atoms with E-state index in [-0.39, 0.29) is 111 Å². The molecule has 1 fully saturated rings. The van der Waals surface area contributed by atoms with E-state index >= 15 is 0 Å². The molecule has 4 atom stereocenters. The van der Waals surface area contributed by atoms with Crippen LogP contribution >= 0.6 is 11.8 Å². The average molecular weight is 1710 g/mol. The highest BCUT2D eigenvalue weighted by Gasteiger charge is 2.37. The molecule has 6 heterocycles. The highest BCUT2D eigenvalue weighted by Crippen LogP contribution is 2.48. The average Bonchev–Trinajstić information content (AvgIpc) is 1.63. The molecule has 664 valence electrons. The quantitative estimate of drug-likeness (QED) is 0.0197. The molecule has 0 radical (unpaired) electrons. The van der Waals surface area contributed by atoms with Crippen LogP contribution in [-0.4, -0.2) is 248 Å². The van der Waals surface area contributed by atoms with Gasteiger partial charge in [0.2, 0.25) is 36.3 Å². The summed E-state index contributed by atoms with van der Waals surface area (Å²) in [5, 5.41) is 33.0. The number of fused-ring (bicyclic) bond motifs is 5. The van der Waals surface area contributed by atoms with Crippen LogP contribution in [0.3, 0.4) is 0 Å². The Balaban J connectivity index is 0.473. The summed E-state index contributed by atoms with van der Waals surface area (Å²) in [7, 11) is 3.02. The van der Waals surface area contributed by atoms with Gasteiger partial charge >= 0.3 is 0 Å². The van der Waals surface area contributed by atoms with E-state index in [1.54, 1.807) is 97.2 Å². The Bertz CT molecular complexity index is 4390. The Labute approximate surface area is 718 Å². The summed E-state index contributed by atoms with van der Waals surface area (Å²) >= 11 is 1.66. The zero-order valence-electron chi connectivity index (χ0n) is 71.2. The van der Waals surface area contributed by atoms with Crippen molar-refractivity contribution in [3.63, 3.8) is 0 Å². The maximum Gasteiger partial charge on any atom is 0.260 e. The van der Waals surface area contributed by atoms with E-state index in [0.29, 0.717) is 186 Å². The molecule has 11 rings (SSSR count). The number of nitrogens with zero attached hydrogens (tertiary/aromatic N) is 5. The van der Waals surface area contributed by atoms with Gasteiger partial charge < -0.3 is 108 Å². The minimum absolute atomic E-state index is 0.0121. The molecule has 0 spiro atoms. The highest BCUT2D eigenvalue weighted by molar-refractivity contribution is 8.00. The zero-order valence-corrected chi connectivity index (χ0v) is 72.0. The van der Waals surface area contributed by atoms with Crippen LogP contribution in [0.15, 0.2) is 100 Å². The number of benzene rings is 4. The van der Waals surface area contributed by atoms with Crippen LogP contribution in [0.4, 0.5) is 17.1 Å². The lowest BCUT2D eigenvalue weighted by Gasteiger charge is -2.29. The number of ether oxygens (including phenoxy) is 14. The fraction of sp³-hybridized carbons (Fsp3) is 0.556. The Morgan fingerprint density at radius 3 is 1.52 bits per heavy atom. The smallest absolute Gasteiger partial charge is 0.260 e. The van der Waals surface area contributed by atoms with Gasteiger partial charge in [0.1, 0.15) is 12.1 Å². The number of nitrogens with one attached hydrogen (secondary N) is 4. The van der Waals surface area contributed by atoms with Crippen LogP contribution in [0, 0.1) is 5.92 Å². The number of carbonyl (C=O) groups is 6. The number of thioether (sulfide) groups is 1. The van der Waals surface area contributed by atoms with Crippen LogP contribution in [0.2, 0.25) is 0 Å². The van der Waals surface area contributed by atoms with Gasteiger partial charge in [-0.25, -0.2) is 0 Å². The first-order valence-corrected chi connectivity index (χ1v) is 43.6. The molecule has 31 nitrogen and oxygen atoms in total. The Morgan fingerprint density at radius 2 is 1.01 bits per heavy atom. The fourth-order valence-electron chi connectivity index (χ4n) is 14.9. The largest absolute Gasteiger partial charge is 0.494 e. The van der Waals surface area contributed by atoms with E-state index in [9.17, 15) is 39.0 Å². The van der Waals surface area contributed by atoms with Gasteiger partial charge in [-0.2, -0.15) is 0 Å². The van der Waals surface area contributed by atoms with Gasteiger partial charge in [0, 0.05) is 98.7 Å². The maximum atomic E-state index is 14.2. The topological polar surface area (TPSA) is 356 Å². The lowest BCUT2D eigenvalue weighted by atomic mass is 9.95. The highest BCUT2D eigenvalue weighted by atomic mass is 32.2. The van der Waals surface area contributed by atoms with E-state index < -0.39 is 23.9 Å². The van der Waals surface area contributed by atoms with Crippen LogP contribution in [0.1, 0.15) is 169 Å². The standard InChI is InChI=1S/C90H121N9O22S/c1-61(2)84(96-82(101)25-32-110-34-36-112-38-40-114-42-44-116-46-47-117-45-43-115-41-39-113-37-35-111-33-28-91-81(100)24-29-97-83(102)55-80(89(97)107)122-90(4)26-15-13-11-9-7-8-10-12-14-16-27-90)86(104)94-62(3)85(103)95-67-21-18-63(19-22-67)65-48-68-56-92-72-53-78(75(108-5)51-70(72)87(105)98(68)58-65)118-30-17-31-119-79-54-73-71(52-76(79)109-6)88(106)99-59-66(49-69(99)57-93-73)64-20-23-74-77(50-64)121-60-120-74/h18-23,50-59,61-62,68-69,84,102,107H,7-17,24-49,60H2,1-6H3,(H,91,100)(H,94,104)(H,95,103)(H,96,101). The lowest BCUT2D eigenvalue weighted by molar-refractivity contribution is -0.132. The fourth-order valence-corrected chi connectivity index (χ4v) is 16.3. The number of hydrogen-bond acceptors (Lipinski definition) is 25. The number of hydrogen-bond donors (Lipinski definition) is 6. The van der Waals surface area contributed by atoms with Crippen LogP contribution in [0.25, 0.3) is 11.1 Å². The van der Waals surface area contributed by atoms with Crippen LogP contribution in [-0.2, 0) is 63.6 Å². The monoisotopic (exact) mass is 1710 g/mol. The van der Waals surface area contributed by atoms with Gasteiger partial charge in [0.05, 0.1) is 173 Å². The van der Waals surface area contributed by atoms with Crippen molar-refractivity contribution in [2.24, 2.45) is 15.9 Å². The van der Waals surface area contributed by atoms with Crippen LogP contribution in [0.5, 0.6) is 46.3 Å². The van der Waals surface area contributed by atoms with Gasteiger partial charge in [-0.3, -0.25) is 43.3 Å². The second-order valence-electron chi connectivity index (χ2n) is 31.3. The summed E-state index contributed by atoms with van der Waals surface area (Å²) in [6, 6.07) is 18.8. The minimum Gasteiger partial charge on any atom is -0.494 e. The van der Waals surface area contributed by atoms with Gasteiger partial charge in [-0.1, -0.05) is 103 Å². The molecule has 5 aliphatic heterocycles. The van der Waals surface area contributed by atoms with Crippen molar-refractivity contribution in [3.8, 4) is 46.3 Å². The number of aromatic hydroxyl groups is 2. The molecule has 0 bridgehead atoms. The van der Waals surface area contributed by atoms with E-state index in [0.717, 1.165) is 48.0 Å². The minimum atomic E-state index is -0.945. The van der Waals surface area contributed by atoms with Crippen molar-refractivity contribution in [1.82, 2.24) is 30.3 Å². The summed E-state index contributed by atoms with van der Waals surface area (Å²) in [5.41, 5.74) is 5.77. The number of aromatic nitrogens is 1. The van der Waals surface area contributed by atoms with Crippen molar-refractivity contribution >= 4 is 87.8 Å². The molecule has 4 unspecified atom stereocenters. The lowest BCUT2D eigenvalue weighted by Crippen LogP contribution is -2.53. The normalized spacial score (nSPS) is 17.3. The van der Waals surface area contributed by atoms with Gasteiger partial charge in [-0.15, -0.1) is 11.8 Å². The number of amides is 6. The third-order valence-electron chi connectivity index (χ3n) is 21.8. The Morgan fingerprint density at radius 1 is 0.533 bits per heavy atom. The second-order valence-corrected chi connectivity index (χ2v) is 32.9. The molecule has 6 N–H and O–H groups in total. The zero-order chi connectivity index (χ0) is 86.0. The predicted molar refractivity (Wildman–Crippen MR) is 461 cm³/mol. The van der Waals surface area contributed by atoms with Gasteiger partial charge in [0.25, 0.3) is 11.8 Å². The number of methoxy groups -OCH3 is 2.